The topological polar surface area (TPSA) is 310 Å². The molecule has 15 N–H and O–H groups in total. The lowest BCUT2D eigenvalue weighted by Gasteiger charge is -2.07. The number of aromatic nitrogens is 1. The highest BCUT2D eigenvalue weighted by Crippen LogP contribution is 2.18. The third-order valence-corrected chi connectivity index (χ3v) is 5.95. The molecule has 0 aliphatic heterocycles. The van der Waals surface area contributed by atoms with Crippen LogP contribution in [0.1, 0.15) is 31.9 Å². The number of nitrogens with one attached hydrogen (secondary N) is 1. The van der Waals surface area contributed by atoms with Gasteiger partial charge in [-0.15, -0.1) is 0 Å². The van der Waals surface area contributed by atoms with Gasteiger partial charge in [0.1, 0.15) is 29.9 Å². The van der Waals surface area contributed by atoms with Crippen molar-refractivity contribution in [2.75, 3.05) is 0 Å². The van der Waals surface area contributed by atoms with E-state index in [9.17, 15) is 19.2 Å². The number of phenolic OH excluding ortho intramolecular Hbond substituents is 1. The summed E-state index contributed by atoms with van der Waals surface area (Å²) < 4.78 is 0. The number of benzene rings is 2. The smallest absolute Gasteiger partial charge is 0.323 e. The van der Waals surface area contributed by atoms with Crippen LogP contribution in [0, 0.1) is 5.92 Å². The van der Waals surface area contributed by atoms with Crippen molar-refractivity contribution in [3.05, 3.63) is 65.9 Å². The number of fused-ring (bicyclic) bond motifs is 1. The molecular formula is C29H43N5O10. The number of aliphatic hydroxyl groups is 1. The number of para-hydroxylation sites is 1. The molecule has 0 saturated carbocycles. The van der Waals surface area contributed by atoms with Crippen LogP contribution in [-0.4, -0.2) is 89.8 Å². The predicted molar refractivity (Wildman–Crippen MR) is 163 cm³/mol. The fourth-order valence-electron chi connectivity index (χ4n) is 3.09. The summed E-state index contributed by atoms with van der Waals surface area (Å²) in [4.78, 5) is 44.0. The quantitative estimate of drug-likeness (QED) is 0.145. The Labute approximate surface area is 254 Å². The van der Waals surface area contributed by atoms with E-state index in [1.54, 1.807) is 26.0 Å². The molecule has 0 radical (unpaired) electrons. The Bertz CT molecular complexity index is 1300. The van der Waals surface area contributed by atoms with Gasteiger partial charge in [0, 0.05) is 23.5 Å². The number of aromatic hydroxyl groups is 1. The Balaban J connectivity index is 0.000000585. The van der Waals surface area contributed by atoms with Crippen LogP contribution in [0.15, 0.2) is 54.7 Å². The molecule has 244 valence electrons. The third-order valence-electron chi connectivity index (χ3n) is 5.95. The molecule has 0 saturated heterocycles. The van der Waals surface area contributed by atoms with Gasteiger partial charge >= 0.3 is 23.9 Å². The first-order chi connectivity index (χ1) is 20.4. The van der Waals surface area contributed by atoms with E-state index in [0.29, 0.717) is 6.42 Å². The minimum atomic E-state index is -1.18. The molecule has 0 fully saturated rings. The van der Waals surface area contributed by atoms with E-state index in [0.717, 1.165) is 22.0 Å². The van der Waals surface area contributed by atoms with Gasteiger partial charge in [0.15, 0.2) is 0 Å². The standard InChI is InChI=1S/C11H12N2O2.C9H11NO3.C5H11NO2.C4H9NO3/c12-9(11(14)15)5-7-6-13-10-4-2-1-3-8(7)10;10-8(9(12)13)5-6-1-3-7(11)4-2-6;1-3(2)4(6)5(7)8;1-2(6)3(5)4(7)8/h1-4,6,9,13H,5,12H2,(H,14,15);1-4,8,11H,5,10H2,(H,12,13);3-4H,6H2,1-2H3,(H,7,8);2-3,6H,5H2,1H3,(H,7,8). The molecule has 3 aromatic rings. The second-order valence-electron chi connectivity index (χ2n) is 10.0. The molecule has 5 unspecified atom stereocenters. The van der Waals surface area contributed by atoms with E-state index >= 15 is 0 Å². The summed E-state index contributed by atoms with van der Waals surface area (Å²) in [7, 11) is 0. The number of nitrogens with two attached hydrogens (primary N) is 4. The summed E-state index contributed by atoms with van der Waals surface area (Å²) in [5.41, 5.74) is 23.6. The van der Waals surface area contributed by atoms with E-state index in [2.05, 4.69) is 4.98 Å². The Morgan fingerprint density at radius 2 is 1.18 bits per heavy atom. The molecule has 15 heteroatoms. The summed E-state index contributed by atoms with van der Waals surface area (Å²) >= 11 is 0. The Kier molecular flexibility index (Phi) is 17.6. The minimum absolute atomic E-state index is 0.0208. The highest BCUT2D eigenvalue weighted by molar-refractivity contribution is 5.84. The van der Waals surface area contributed by atoms with Crippen molar-refractivity contribution in [1.82, 2.24) is 4.98 Å². The van der Waals surface area contributed by atoms with Gasteiger partial charge in [-0.25, -0.2) is 0 Å². The van der Waals surface area contributed by atoms with Crippen LogP contribution in [0.2, 0.25) is 0 Å². The lowest BCUT2D eigenvalue weighted by molar-refractivity contribution is -0.141. The monoisotopic (exact) mass is 621 g/mol. The van der Waals surface area contributed by atoms with E-state index < -0.39 is 54.1 Å². The summed E-state index contributed by atoms with van der Waals surface area (Å²) in [6.07, 6.45) is 1.45. The molecule has 0 aliphatic rings. The van der Waals surface area contributed by atoms with Crippen molar-refractivity contribution in [2.24, 2.45) is 28.9 Å². The molecule has 44 heavy (non-hydrogen) atoms. The first-order valence-corrected chi connectivity index (χ1v) is 13.3. The maximum atomic E-state index is 10.6. The summed E-state index contributed by atoms with van der Waals surface area (Å²) in [5, 5.41) is 52.0. The third kappa shape index (κ3) is 15.1. The maximum Gasteiger partial charge on any atom is 0.323 e. The summed E-state index contributed by atoms with van der Waals surface area (Å²) in [6.45, 7) is 4.89. The van der Waals surface area contributed by atoms with E-state index in [1.165, 1.54) is 19.1 Å². The number of hydrogen-bond acceptors (Lipinski definition) is 10. The molecule has 3 rings (SSSR count). The first kappa shape index (κ1) is 39.5. The van der Waals surface area contributed by atoms with Gasteiger partial charge in [-0.1, -0.05) is 44.2 Å². The van der Waals surface area contributed by atoms with Crippen LogP contribution < -0.4 is 22.9 Å². The molecule has 1 heterocycles. The SMILES string of the molecule is CC(C)C(N)C(=O)O.CC(O)C(N)C(=O)O.NC(Cc1c[nH]c2ccccc12)C(=O)O.NC(Cc1ccc(O)cc1)C(=O)O. The number of phenols is 1. The van der Waals surface area contributed by atoms with Crippen molar-refractivity contribution < 1.29 is 49.8 Å². The van der Waals surface area contributed by atoms with Gasteiger partial charge < -0.3 is 58.6 Å². The number of carbonyl (C=O) groups is 4. The maximum absolute atomic E-state index is 10.6. The van der Waals surface area contributed by atoms with Crippen LogP contribution in [0.5, 0.6) is 5.75 Å². The highest BCUT2D eigenvalue weighted by atomic mass is 16.4. The van der Waals surface area contributed by atoms with E-state index in [4.69, 9.17) is 53.6 Å². The number of hydrogen-bond donors (Lipinski definition) is 11. The number of rotatable bonds is 10. The molecule has 0 bridgehead atoms. The number of aliphatic hydroxyl groups excluding tert-OH is 1. The zero-order valence-electron chi connectivity index (χ0n) is 24.7. The van der Waals surface area contributed by atoms with E-state index in [1.807, 2.05) is 30.5 Å². The number of carboxylic acid groups (broad SMARTS) is 4. The normalized spacial score (nSPS) is 13.8. The average Bonchev–Trinajstić information content (AvgIpc) is 3.36. The lowest BCUT2D eigenvalue weighted by atomic mass is 10.1. The lowest BCUT2D eigenvalue weighted by Crippen LogP contribution is -2.39. The highest BCUT2D eigenvalue weighted by Gasteiger charge is 2.17. The van der Waals surface area contributed by atoms with Crippen molar-refractivity contribution in [2.45, 2.75) is 63.9 Å². The number of aliphatic carboxylic acids is 4. The Morgan fingerprint density at radius 1 is 0.705 bits per heavy atom. The zero-order chi connectivity index (χ0) is 34.1. The van der Waals surface area contributed by atoms with Crippen LogP contribution in [0.4, 0.5) is 0 Å². The Morgan fingerprint density at radius 3 is 1.57 bits per heavy atom. The fourth-order valence-corrected chi connectivity index (χ4v) is 3.09. The van der Waals surface area contributed by atoms with Gasteiger partial charge in [0.05, 0.1) is 6.10 Å². The summed E-state index contributed by atoms with van der Waals surface area (Å²) in [6, 6.07) is 10.5. The minimum Gasteiger partial charge on any atom is -0.508 e. The van der Waals surface area contributed by atoms with Crippen molar-refractivity contribution in [3.63, 3.8) is 0 Å². The first-order valence-electron chi connectivity index (χ1n) is 13.3. The van der Waals surface area contributed by atoms with Gasteiger partial charge in [-0.2, -0.15) is 0 Å². The summed E-state index contributed by atoms with van der Waals surface area (Å²) in [5.74, 6) is -3.92. The average molecular weight is 622 g/mol. The molecular weight excluding hydrogens is 578 g/mol. The number of carboxylic acids is 4. The van der Waals surface area contributed by atoms with Gasteiger partial charge in [0.2, 0.25) is 0 Å². The van der Waals surface area contributed by atoms with Crippen LogP contribution in [-0.2, 0) is 32.0 Å². The largest absolute Gasteiger partial charge is 0.508 e. The van der Waals surface area contributed by atoms with Gasteiger partial charge in [0.25, 0.3) is 0 Å². The van der Waals surface area contributed by atoms with Gasteiger partial charge in [-0.3, -0.25) is 19.2 Å². The molecule has 0 spiro atoms. The second kappa shape index (κ2) is 19.6. The molecule has 5 atom stereocenters. The van der Waals surface area contributed by atoms with Crippen LogP contribution in [0.3, 0.4) is 0 Å². The molecule has 0 amide bonds. The zero-order valence-corrected chi connectivity index (χ0v) is 24.7. The van der Waals surface area contributed by atoms with Crippen LogP contribution in [0.25, 0.3) is 10.9 Å². The Hall–Kier alpha value is -4.54. The van der Waals surface area contributed by atoms with Crippen molar-refractivity contribution in [1.29, 1.82) is 0 Å². The molecule has 0 aliphatic carbocycles. The molecule has 2 aromatic carbocycles. The van der Waals surface area contributed by atoms with Crippen molar-refractivity contribution >= 4 is 34.8 Å². The van der Waals surface area contributed by atoms with Crippen molar-refractivity contribution in [3.8, 4) is 5.75 Å². The second-order valence-corrected chi connectivity index (χ2v) is 10.0. The predicted octanol–water partition coefficient (Wildman–Crippen LogP) is 0.302. The fraction of sp³-hybridized carbons (Fsp3) is 0.379. The van der Waals surface area contributed by atoms with Crippen LogP contribution >= 0.6 is 0 Å². The molecule has 15 nitrogen and oxygen atoms in total. The number of H-pyrrole nitrogens is 1. The number of aromatic amines is 1. The van der Waals surface area contributed by atoms with Gasteiger partial charge in [-0.05, 0) is 48.6 Å². The van der Waals surface area contributed by atoms with E-state index in [-0.39, 0.29) is 18.1 Å². The molecule has 1 aromatic heterocycles.